The molecule has 0 heterocycles. The fourth-order valence-corrected chi connectivity index (χ4v) is 4.22. The van der Waals surface area contributed by atoms with Gasteiger partial charge in [-0.15, -0.1) is 0 Å². The Morgan fingerprint density at radius 1 is 1.21 bits per heavy atom. The highest BCUT2D eigenvalue weighted by molar-refractivity contribution is 7.92. The number of halogens is 2. The normalized spacial score (nSPS) is 12.6. The zero-order chi connectivity index (χ0) is 21.6. The van der Waals surface area contributed by atoms with E-state index in [1.165, 1.54) is 13.1 Å². The van der Waals surface area contributed by atoms with Crippen molar-refractivity contribution in [2.45, 2.75) is 19.9 Å². The molecule has 2 aromatic carbocycles. The summed E-state index contributed by atoms with van der Waals surface area (Å²) in [6.45, 7) is 3.80. The Bertz CT molecular complexity index is 975. The van der Waals surface area contributed by atoms with Crippen molar-refractivity contribution in [3.63, 3.8) is 0 Å². The Labute approximate surface area is 180 Å². The van der Waals surface area contributed by atoms with Crippen molar-refractivity contribution in [2.75, 3.05) is 17.2 Å². The molecule has 0 aliphatic rings. The number of anilines is 1. The molecule has 10 heteroatoms. The maximum atomic E-state index is 12.5. The maximum absolute atomic E-state index is 12.5. The number of nitrogens with one attached hydrogen (secondary N) is 1. The molecule has 1 unspecified atom stereocenters. The summed E-state index contributed by atoms with van der Waals surface area (Å²) >= 11 is 12.1. The molecule has 2 aromatic rings. The van der Waals surface area contributed by atoms with Gasteiger partial charge in [-0.3, -0.25) is 9.10 Å². The molecule has 0 saturated heterocycles. The summed E-state index contributed by atoms with van der Waals surface area (Å²) in [5, 5.41) is 4.59. The second-order valence-electron chi connectivity index (χ2n) is 6.03. The smallest absolute Gasteiger partial charge is 0.263 e. The van der Waals surface area contributed by atoms with E-state index in [1.54, 1.807) is 42.5 Å². The number of hydrazone groups is 1. The summed E-state index contributed by atoms with van der Waals surface area (Å²) in [4.78, 5) is 12.5. The van der Waals surface area contributed by atoms with Crippen LogP contribution in [0.2, 0.25) is 10.0 Å². The number of sulfonamides is 1. The molecule has 0 aromatic heterocycles. The van der Waals surface area contributed by atoms with E-state index in [0.717, 1.165) is 10.6 Å². The minimum atomic E-state index is -3.74. The SMILES string of the molecule is CCOc1ccc(N(C(C)C(=O)N/N=C/c2c(Cl)cccc2Cl)S(C)(=O)=O)cc1. The van der Waals surface area contributed by atoms with Crippen molar-refractivity contribution < 1.29 is 17.9 Å². The number of hydrogen-bond acceptors (Lipinski definition) is 5. The van der Waals surface area contributed by atoms with Gasteiger partial charge < -0.3 is 4.74 Å². The van der Waals surface area contributed by atoms with Gasteiger partial charge in [0.25, 0.3) is 5.91 Å². The van der Waals surface area contributed by atoms with Crippen molar-refractivity contribution in [3.8, 4) is 5.75 Å². The lowest BCUT2D eigenvalue weighted by atomic mass is 10.2. The Kier molecular flexibility index (Phi) is 7.89. The average Bonchev–Trinajstić information content (AvgIpc) is 2.64. The molecule has 7 nitrogen and oxygen atoms in total. The van der Waals surface area contributed by atoms with Gasteiger partial charge >= 0.3 is 0 Å². The van der Waals surface area contributed by atoms with E-state index in [-0.39, 0.29) is 0 Å². The summed E-state index contributed by atoms with van der Waals surface area (Å²) in [5.41, 5.74) is 3.09. The van der Waals surface area contributed by atoms with Crippen LogP contribution in [0.25, 0.3) is 0 Å². The van der Waals surface area contributed by atoms with Crippen molar-refractivity contribution >= 4 is 51.0 Å². The van der Waals surface area contributed by atoms with E-state index in [1.807, 2.05) is 6.92 Å². The van der Waals surface area contributed by atoms with Crippen LogP contribution in [0.1, 0.15) is 19.4 Å². The van der Waals surface area contributed by atoms with Crippen molar-refractivity contribution in [1.29, 1.82) is 0 Å². The first-order valence-electron chi connectivity index (χ1n) is 8.64. The van der Waals surface area contributed by atoms with Crippen molar-refractivity contribution in [1.82, 2.24) is 5.43 Å². The van der Waals surface area contributed by atoms with Crippen LogP contribution in [0.3, 0.4) is 0 Å². The summed E-state index contributed by atoms with van der Waals surface area (Å²) in [7, 11) is -3.74. The van der Waals surface area contributed by atoms with Crippen LogP contribution in [0, 0.1) is 0 Å². The molecule has 0 aliphatic carbocycles. The lowest BCUT2D eigenvalue weighted by Crippen LogP contribution is -2.46. The fourth-order valence-electron chi connectivity index (χ4n) is 2.55. The van der Waals surface area contributed by atoms with Gasteiger partial charge in [0, 0.05) is 5.56 Å². The van der Waals surface area contributed by atoms with Crippen LogP contribution < -0.4 is 14.5 Å². The van der Waals surface area contributed by atoms with Gasteiger partial charge in [-0.05, 0) is 50.2 Å². The third kappa shape index (κ3) is 6.09. The molecular weight excluding hydrogens is 437 g/mol. The Hall–Kier alpha value is -2.29. The molecular formula is C19H21Cl2N3O4S. The molecule has 2 rings (SSSR count). The quantitative estimate of drug-likeness (QED) is 0.483. The number of nitrogens with zero attached hydrogens (tertiary/aromatic N) is 2. The fraction of sp³-hybridized carbons (Fsp3) is 0.263. The second-order valence-corrected chi connectivity index (χ2v) is 8.71. The highest BCUT2D eigenvalue weighted by Gasteiger charge is 2.29. The molecule has 0 aliphatic heterocycles. The first-order chi connectivity index (χ1) is 13.6. The highest BCUT2D eigenvalue weighted by Crippen LogP contribution is 2.24. The van der Waals surface area contributed by atoms with Crippen LogP contribution in [-0.2, 0) is 14.8 Å². The zero-order valence-corrected chi connectivity index (χ0v) is 18.4. The van der Waals surface area contributed by atoms with E-state index < -0.39 is 22.0 Å². The van der Waals surface area contributed by atoms with Gasteiger partial charge in [0.15, 0.2) is 0 Å². The summed E-state index contributed by atoms with van der Waals surface area (Å²) < 4.78 is 31.0. The average molecular weight is 458 g/mol. The third-order valence-corrected chi connectivity index (χ3v) is 5.76. The molecule has 0 bridgehead atoms. The molecule has 1 atom stereocenters. The first kappa shape index (κ1) is 23.0. The lowest BCUT2D eigenvalue weighted by Gasteiger charge is -2.27. The lowest BCUT2D eigenvalue weighted by molar-refractivity contribution is -0.121. The van der Waals surface area contributed by atoms with Gasteiger partial charge in [-0.1, -0.05) is 29.3 Å². The monoisotopic (exact) mass is 457 g/mol. The van der Waals surface area contributed by atoms with Crippen LogP contribution in [0.15, 0.2) is 47.6 Å². The minimum absolute atomic E-state index is 0.330. The van der Waals surface area contributed by atoms with Gasteiger partial charge in [0.2, 0.25) is 10.0 Å². The first-order valence-corrected chi connectivity index (χ1v) is 11.2. The van der Waals surface area contributed by atoms with E-state index in [4.69, 9.17) is 27.9 Å². The number of amides is 1. The van der Waals surface area contributed by atoms with Crippen LogP contribution in [-0.4, -0.2) is 39.4 Å². The van der Waals surface area contributed by atoms with Crippen LogP contribution in [0.5, 0.6) is 5.75 Å². The van der Waals surface area contributed by atoms with Crippen LogP contribution in [0.4, 0.5) is 5.69 Å². The second kappa shape index (κ2) is 9.96. The Balaban J connectivity index is 2.19. The molecule has 0 fully saturated rings. The number of carbonyl (C=O) groups is 1. The molecule has 1 amide bonds. The van der Waals surface area contributed by atoms with E-state index in [0.29, 0.717) is 33.7 Å². The Morgan fingerprint density at radius 3 is 2.31 bits per heavy atom. The molecule has 1 N–H and O–H groups in total. The molecule has 0 radical (unpaired) electrons. The predicted molar refractivity (Wildman–Crippen MR) is 117 cm³/mol. The van der Waals surface area contributed by atoms with E-state index in [2.05, 4.69) is 10.5 Å². The number of hydrogen-bond donors (Lipinski definition) is 1. The topological polar surface area (TPSA) is 88.1 Å². The highest BCUT2D eigenvalue weighted by atomic mass is 35.5. The number of benzene rings is 2. The number of carbonyl (C=O) groups excluding carboxylic acids is 1. The van der Waals surface area contributed by atoms with Gasteiger partial charge in [0.05, 0.1) is 34.8 Å². The van der Waals surface area contributed by atoms with E-state index in [9.17, 15) is 13.2 Å². The Morgan fingerprint density at radius 2 is 1.79 bits per heavy atom. The summed E-state index contributed by atoms with van der Waals surface area (Å²) in [6, 6.07) is 10.3. The predicted octanol–water partition coefficient (Wildman–Crippen LogP) is 3.70. The molecule has 29 heavy (non-hydrogen) atoms. The molecule has 0 saturated carbocycles. The molecule has 156 valence electrons. The van der Waals surface area contributed by atoms with Crippen molar-refractivity contribution in [2.24, 2.45) is 5.10 Å². The number of ether oxygens (including phenoxy) is 1. The largest absolute Gasteiger partial charge is 0.494 e. The van der Waals surface area contributed by atoms with Gasteiger partial charge in [-0.2, -0.15) is 5.10 Å². The van der Waals surface area contributed by atoms with E-state index >= 15 is 0 Å². The minimum Gasteiger partial charge on any atom is -0.494 e. The maximum Gasteiger partial charge on any atom is 0.263 e. The summed E-state index contributed by atoms with van der Waals surface area (Å²) in [6.07, 6.45) is 2.33. The van der Waals surface area contributed by atoms with Gasteiger partial charge in [0.1, 0.15) is 11.8 Å². The zero-order valence-electron chi connectivity index (χ0n) is 16.1. The number of rotatable bonds is 8. The van der Waals surface area contributed by atoms with Crippen LogP contribution >= 0.6 is 23.2 Å². The standard InChI is InChI=1S/C19H21Cl2N3O4S/c1-4-28-15-10-8-14(9-11-15)24(29(3,26)27)13(2)19(25)23-22-12-16-17(20)6-5-7-18(16)21/h5-13H,4H2,1-3H3,(H,23,25)/b22-12+. The third-order valence-electron chi connectivity index (χ3n) is 3.86. The van der Waals surface area contributed by atoms with Crippen molar-refractivity contribution in [3.05, 3.63) is 58.1 Å². The van der Waals surface area contributed by atoms with Gasteiger partial charge in [-0.25, -0.2) is 13.8 Å². The summed E-state index contributed by atoms with van der Waals surface area (Å²) in [5.74, 6) is -0.0215. The molecule has 0 spiro atoms.